The summed E-state index contributed by atoms with van der Waals surface area (Å²) >= 11 is 0. The van der Waals surface area contributed by atoms with Crippen LogP contribution in [0.2, 0.25) is 0 Å². The van der Waals surface area contributed by atoms with Gasteiger partial charge in [0.15, 0.2) is 0 Å². The Kier molecular flexibility index (Phi) is 2.09. The molecule has 0 bridgehead atoms. The quantitative estimate of drug-likeness (QED) is 0.701. The van der Waals surface area contributed by atoms with Crippen LogP contribution in [0.25, 0.3) is 0 Å². The Hall–Kier alpha value is -1.84. The van der Waals surface area contributed by atoms with Gasteiger partial charge in [0.2, 0.25) is 5.91 Å². The summed E-state index contributed by atoms with van der Waals surface area (Å²) in [5, 5.41) is 0. The number of benzene rings is 1. The average Bonchev–Trinajstić information content (AvgIpc) is 2.71. The lowest BCUT2D eigenvalue weighted by molar-refractivity contribution is -0.127. The largest absolute Gasteiger partial charge is 0.353 e. The lowest BCUT2D eigenvalue weighted by Crippen LogP contribution is -2.46. The van der Waals surface area contributed by atoms with Crippen LogP contribution < -0.4 is 4.90 Å². The van der Waals surface area contributed by atoms with E-state index in [4.69, 9.17) is 0 Å². The van der Waals surface area contributed by atoms with Gasteiger partial charge in [-0.05, 0) is 23.8 Å². The van der Waals surface area contributed by atoms with Crippen molar-refractivity contribution in [2.24, 2.45) is 0 Å². The number of carbonyl (C=O) groups is 2. The number of nitrogens with zero attached hydrogens (tertiary/aromatic N) is 2. The van der Waals surface area contributed by atoms with Gasteiger partial charge in [-0.1, -0.05) is 6.92 Å². The number of hydrogen-bond donors (Lipinski definition) is 0. The minimum atomic E-state index is -0.213. The van der Waals surface area contributed by atoms with Gasteiger partial charge in [-0.2, -0.15) is 0 Å². The van der Waals surface area contributed by atoms with Crippen LogP contribution in [0.1, 0.15) is 29.3 Å². The minimum absolute atomic E-state index is 0.0573. The van der Waals surface area contributed by atoms with Crippen molar-refractivity contribution in [1.82, 2.24) is 4.90 Å². The molecule has 0 radical (unpaired) electrons. The fourth-order valence-corrected chi connectivity index (χ4v) is 3.54. The van der Waals surface area contributed by atoms with Crippen molar-refractivity contribution in [3.8, 4) is 0 Å². The van der Waals surface area contributed by atoms with E-state index in [0.29, 0.717) is 12.0 Å². The molecule has 2 atom stereocenters. The van der Waals surface area contributed by atoms with Crippen molar-refractivity contribution in [3.05, 3.63) is 29.3 Å². The summed E-state index contributed by atoms with van der Waals surface area (Å²) in [7, 11) is 3.85. The molecule has 2 heterocycles. The van der Waals surface area contributed by atoms with Crippen LogP contribution in [0.3, 0.4) is 0 Å². The van der Waals surface area contributed by atoms with E-state index in [1.807, 2.05) is 32.3 Å². The highest BCUT2D eigenvalue weighted by atomic mass is 16.2. The van der Waals surface area contributed by atoms with Crippen LogP contribution in [-0.4, -0.2) is 37.4 Å². The van der Waals surface area contributed by atoms with Crippen molar-refractivity contribution in [3.63, 3.8) is 0 Å². The third-order valence-corrected chi connectivity index (χ3v) is 4.37. The van der Waals surface area contributed by atoms with Crippen LogP contribution >= 0.6 is 0 Å². The summed E-state index contributed by atoms with van der Waals surface area (Å²) in [6.07, 6.45) is 1.42. The fourth-order valence-electron chi connectivity index (χ4n) is 3.54. The lowest BCUT2D eigenvalue weighted by Gasteiger charge is -2.32. The predicted octanol–water partition coefficient (Wildman–Crippen LogP) is 1.39. The van der Waals surface area contributed by atoms with E-state index in [2.05, 4.69) is 11.8 Å². The summed E-state index contributed by atoms with van der Waals surface area (Å²) in [5.41, 5.74) is 2.69. The van der Waals surface area contributed by atoms with E-state index in [0.717, 1.165) is 17.5 Å². The van der Waals surface area contributed by atoms with Gasteiger partial charge >= 0.3 is 0 Å². The van der Waals surface area contributed by atoms with Gasteiger partial charge in [0.25, 0.3) is 0 Å². The van der Waals surface area contributed by atoms with E-state index in [9.17, 15) is 9.59 Å². The third kappa shape index (κ3) is 1.15. The van der Waals surface area contributed by atoms with Gasteiger partial charge in [0.05, 0.1) is 0 Å². The second kappa shape index (κ2) is 3.34. The summed E-state index contributed by atoms with van der Waals surface area (Å²) < 4.78 is 0. The number of carbonyl (C=O) groups excluding carboxylic acids is 2. The van der Waals surface area contributed by atoms with Crippen LogP contribution in [0.4, 0.5) is 5.69 Å². The Morgan fingerprint density at radius 3 is 2.72 bits per heavy atom. The van der Waals surface area contributed by atoms with Crippen LogP contribution in [0.15, 0.2) is 18.2 Å². The summed E-state index contributed by atoms with van der Waals surface area (Å²) in [6, 6.07) is 5.72. The monoisotopic (exact) mass is 244 g/mol. The number of likely N-dealkylation sites (N-methyl/N-ethyl adjacent to an activating group) is 2. The molecule has 1 fully saturated rings. The Labute approximate surface area is 106 Å². The molecule has 0 aliphatic carbocycles. The standard InChI is InChI=1S/C14H16N2O2/c1-14-7-12(18)16(3)13(14)15(2)11-5-4-9(8-17)6-10(11)14/h4-6,8,13H,7H2,1-3H3/t13-,14+/m1/s1. The maximum atomic E-state index is 11.9. The molecular weight excluding hydrogens is 228 g/mol. The Morgan fingerprint density at radius 2 is 2.06 bits per heavy atom. The van der Waals surface area contributed by atoms with Gasteiger partial charge in [0.1, 0.15) is 12.5 Å². The van der Waals surface area contributed by atoms with Gasteiger partial charge in [-0.3, -0.25) is 9.59 Å². The first-order valence-electron chi connectivity index (χ1n) is 6.07. The zero-order valence-corrected chi connectivity index (χ0v) is 10.8. The number of aldehydes is 1. The maximum absolute atomic E-state index is 11.9. The number of likely N-dealkylation sites (tertiary alicyclic amines) is 1. The zero-order valence-electron chi connectivity index (χ0n) is 10.8. The molecule has 1 aromatic carbocycles. The molecule has 2 aliphatic rings. The number of amides is 1. The Balaban J connectivity index is 2.21. The van der Waals surface area contributed by atoms with Gasteiger partial charge in [0, 0.05) is 37.2 Å². The van der Waals surface area contributed by atoms with E-state index in [1.54, 1.807) is 4.90 Å². The minimum Gasteiger partial charge on any atom is -0.353 e. The first-order chi connectivity index (χ1) is 8.49. The van der Waals surface area contributed by atoms with Crippen LogP contribution in [-0.2, 0) is 10.2 Å². The Bertz CT molecular complexity index is 555. The molecule has 0 unspecified atom stereocenters. The van der Waals surface area contributed by atoms with E-state index in [-0.39, 0.29) is 17.5 Å². The van der Waals surface area contributed by atoms with Crippen molar-refractivity contribution in [1.29, 1.82) is 0 Å². The zero-order chi connectivity index (χ0) is 13.1. The molecular formula is C14H16N2O2. The van der Waals surface area contributed by atoms with E-state index in [1.165, 1.54) is 0 Å². The molecule has 0 spiro atoms. The molecule has 94 valence electrons. The van der Waals surface area contributed by atoms with Crippen LogP contribution in [0, 0.1) is 0 Å². The predicted molar refractivity (Wildman–Crippen MR) is 68.8 cm³/mol. The van der Waals surface area contributed by atoms with E-state index >= 15 is 0 Å². The number of anilines is 1. The van der Waals surface area contributed by atoms with Gasteiger partial charge < -0.3 is 9.80 Å². The van der Waals surface area contributed by atoms with Crippen molar-refractivity contribution in [2.75, 3.05) is 19.0 Å². The molecule has 1 aromatic rings. The molecule has 18 heavy (non-hydrogen) atoms. The van der Waals surface area contributed by atoms with Gasteiger partial charge in [-0.15, -0.1) is 0 Å². The highest BCUT2D eigenvalue weighted by molar-refractivity contribution is 5.86. The SMILES string of the molecule is CN1C(=O)C[C@@]2(C)c3cc(C=O)ccc3N(C)[C@H]12. The topological polar surface area (TPSA) is 40.6 Å². The molecule has 4 heteroatoms. The molecule has 0 saturated carbocycles. The first-order valence-corrected chi connectivity index (χ1v) is 6.07. The smallest absolute Gasteiger partial charge is 0.225 e. The molecule has 1 amide bonds. The summed E-state index contributed by atoms with van der Waals surface area (Å²) in [5.74, 6) is 0.163. The number of rotatable bonds is 1. The maximum Gasteiger partial charge on any atom is 0.225 e. The molecule has 4 nitrogen and oxygen atoms in total. The number of fused-ring (bicyclic) bond motifs is 3. The number of hydrogen-bond acceptors (Lipinski definition) is 3. The molecule has 2 aliphatic heterocycles. The fraction of sp³-hybridized carbons (Fsp3) is 0.429. The molecule has 0 aromatic heterocycles. The summed E-state index contributed by atoms with van der Waals surface area (Å²) in [4.78, 5) is 26.8. The molecule has 1 saturated heterocycles. The lowest BCUT2D eigenvalue weighted by atomic mass is 9.81. The average molecular weight is 244 g/mol. The second-order valence-electron chi connectivity index (χ2n) is 5.48. The van der Waals surface area contributed by atoms with Crippen molar-refractivity contribution < 1.29 is 9.59 Å². The molecule has 0 N–H and O–H groups in total. The Morgan fingerprint density at radius 1 is 1.33 bits per heavy atom. The first kappa shape index (κ1) is 11.3. The van der Waals surface area contributed by atoms with Gasteiger partial charge in [-0.25, -0.2) is 0 Å². The van der Waals surface area contributed by atoms with Crippen molar-refractivity contribution >= 4 is 17.9 Å². The second-order valence-corrected chi connectivity index (χ2v) is 5.48. The van der Waals surface area contributed by atoms with Crippen molar-refractivity contribution in [2.45, 2.75) is 24.9 Å². The van der Waals surface area contributed by atoms with E-state index < -0.39 is 0 Å². The summed E-state index contributed by atoms with van der Waals surface area (Å²) in [6.45, 7) is 2.11. The van der Waals surface area contributed by atoms with Crippen LogP contribution in [0.5, 0.6) is 0 Å². The normalized spacial score (nSPS) is 29.5. The molecule has 3 rings (SSSR count). The highest BCUT2D eigenvalue weighted by Crippen LogP contribution is 2.51. The third-order valence-electron chi connectivity index (χ3n) is 4.37. The highest BCUT2D eigenvalue weighted by Gasteiger charge is 2.55.